The minimum atomic E-state index is -0.0101. The lowest BCUT2D eigenvalue weighted by molar-refractivity contribution is 0.446. The molecule has 70 valence electrons. The van der Waals surface area contributed by atoms with Crippen molar-refractivity contribution in [2.24, 2.45) is 0 Å². The fourth-order valence-corrected chi connectivity index (χ4v) is 1.31. The van der Waals surface area contributed by atoms with Gasteiger partial charge >= 0.3 is 0 Å². The van der Waals surface area contributed by atoms with E-state index in [-0.39, 0.29) is 5.41 Å². The summed E-state index contributed by atoms with van der Waals surface area (Å²) in [6, 6.07) is 5.66. The Morgan fingerprint density at radius 2 is 1.92 bits per heavy atom. The van der Waals surface area contributed by atoms with Gasteiger partial charge in [-0.15, -0.1) is 0 Å². The van der Waals surface area contributed by atoms with Gasteiger partial charge in [-0.05, 0) is 22.6 Å². The second-order valence-electron chi connectivity index (χ2n) is 4.23. The van der Waals surface area contributed by atoms with E-state index in [0.717, 1.165) is 11.1 Å². The van der Waals surface area contributed by atoms with Gasteiger partial charge < -0.3 is 5.11 Å². The second-order valence-corrected chi connectivity index (χ2v) is 4.23. The highest BCUT2D eigenvalue weighted by molar-refractivity contribution is 5.52. The Morgan fingerprint density at radius 1 is 1.31 bits per heavy atom. The standard InChI is InChI=1S/C12H16O/c1-5-9-6-7-10(11(13)8-9)12(2,3)4/h5-8,13H,1H2,2-4H3. The molecular formula is C12H16O. The summed E-state index contributed by atoms with van der Waals surface area (Å²) in [7, 11) is 0. The van der Waals surface area contributed by atoms with E-state index >= 15 is 0 Å². The molecule has 0 aromatic heterocycles. The van der Waals surface area contributed by atoms with Crippen LogP contribution in [-0.4, -0.2) is 5.11 Å². The molecule has 0 heterocycles. The molecule has 1 rings (SSSR count). The first-order valence-electron chi connectivity index (χ1n) is 4.41. The van der Waals surface area contributed by atoms with Crippen LogP contribution in [0.15, 0.2) is 24.8 Å². The predicted octanol–water partition coefficient (Wildman–Crippen LogP) is 3.33. The van der Waals surface area contributed by atoms with Gasteiger partial charge in [-0.3, -0.25) is 0 Å². The topological polar surface area (TPSA) is 20.2 Å². The van der Waals surface area contributed by atoms with Gasteiger partial charge in [0.15, 0.2) is 0 Å². The maximum Gasteiger partial charge on any atom is 0.119 e. The van der Waals surface area contributed by atoms with Crippen LogP contribution in [0, 0.1) is 0 Å². The lowest BCUT2D eigenvalue weighted by Gasteiger charge is -2.20. The molecule has 1 aromatic rings. The van der Waals surface area contributed by atoms with Gasteiger partial charge in [-0.25, -0.2) is 0 Å². The SMILES string of the molecule is C=Cc1ccc(C(C)(C)C)c(O)c1. The number of hydrogen-bond donors (Lipinski definition) is 1. The zero-order valence-corrected chi connectivity index (χ0v) is 8.46. The Morgan fingerprint density at radius 3 is 2.31 bits per heavy atom. The maximum atomic E-state index is 9.71. The van der Waals surface area contributed by atoms with Gasteiger partial charge in [0.1, 0.15) is 5.75 Å². The van der Waals surface area contributed by atoms with Crippen LogP contribution in [-0.2, 0) is 5.41 Å². The van der Waals surface area contributed by atoms with Crippen LogP contribution in [0.4, 0.5) is 0 Å². The van der Waals surface area contributed by atoms with Gasteiger partial charge in [-0.1, -0.05) is 45.6 Å². The average Bonchev–Trinajstić information content (AvgIpc) is 2.01. The molecule has 0 unspecified atom stereocenters. The van der Waals surface area contributed by atoms with Crippen molar-refractivity contribution in [2.75, 3.05) is 0 Å². The largest absolute Gasteiger partial charge is 0.508 e. The third kappa shape index (κ3) is 2.11. The maximum absolute atomic E-state index is 9.71. The van der Waals surface area contributed by atoms with Crippen LogP contribution >= 0.6 is 0 Å². The molecule has 1 heteroatoms. The molecule has 0 amide bonds. The van der Waals surface area contributed by atoms with E-state index in [4.69, 9.17) is 0 Å². The first kappa shape index (κ1) is 9.85. The molecule has 0 fully saturated rings. The second kappa shape index (κ2) is 3.25. The van der Waals surface area contributed by atoms with E-state index in [0.29, 0.717) is 5.75 Å². The zero-order chi connectivity index (χ0) is 10.1. The third-order valence-corrected chi connectivity index (χ3v) is 2.07. The van der Waals surface area contributed by atoms with Gasteiger partial charge in [0.2, 0.25) is 0 Å². The zero-order valence-electron chi connectivity index (χ0n) is 8.46. The highest BCUT2D eigenvalue weighted by Crippen LogP contribution is 2.31. The number of rotatable bonds is 1. The van der Waals surface area contributed by atoms with Crippen molar-refractivity contribution in [3.63, 3.8) is 0 Å². The minimum absolute atomic E-state index is 0.0101. The molecule has 0 aliphatic heterocycles. The average molecular weight is 176 g/mol. The summed E-state index contributed by atoms with van der Waals surface area (Å²) in [6.07, 6.45) is 1.73. The Labute approximate surface area is 79.7 Å². The van der Waals surface area contributed by atoms with Crippen LogP contribution in [0.5, 0.6) is 5.75 Å². The normalized spacial score (nSPS) is 11.3. The lowest BCUT2D eigenvalue weighted by Crippen LogP contribution is -2.11. The van der Waals surface area contributed by atoms with Crippen molar-refractivity contribution in [2.45, 2.75) is 26.2 Å². The Balaban J connectivity index is 3.20. The van der Waals surface area contributed by atoms with E-state index in [9.17, 15) is 5.11 Å². The molecule has 0 saturated carbocycles. The number of hydrogen-bond acceptors (Lipinski definition) is 1. The molecule has 0 atom stereocenters. The van der Waals surface area contributed by atoms with Crippen molar-refractivity contribution in [3.05, 3.63) is 35.9 Å². The fraction of sp³-hybridized carbons (Fsp3) is 0.333. The summed E-state index contributed by atoms with van der Waals surface area (Å²) in [5.74, 6) is 0.352. The quantitative estimate of drug-likeness (QED) is 0.695. The number of aromatic hydroxyl groups is 1. The van der Waals surface area contributed by atoms with E-state index in [1.807, 2.05) is 12.1 Å². The number of benzene rings is 1. The fourth-order valence-electron chi connectivity index (χ4n) is 1.31. The molecule has 1 nitrogen and oxygen atoms in total. The predicted molar refractivity (Wildman–Crippen MR) is 56.9 cm³/mol. The monoisotopic (exact) mass is 176 g/mol. The molecular weight excluding hydrogens is 160 g/mol. The van der Waals surface area contributed by atoms with Crippen molar-refractivity contribution in [1.29, 1.82) is 0 Å². The van der Waals surface area contributed by atoms with Crippen LogP contribution in [0.3, 0.4) is 0 Å². The summed E-state index contributed by atoms with van der Waals surface area (Å²) in [5, 5.41) is 9.71. The summed E-state index contributed by atoms with van der Waals surface area (Å²) < 4.78 is 0. The smallest absolute Gasteiger partial charge is 0.119 e. The highest BCUT2D eigenvalue weighted by Gasteiger charge is 2.17. The summed E-state index contributed by atoms with van der Waals surface area (Å²) in [6.45, 7) is 9.89. The van der Waals surface area contributed by atoms with Crippen LogP contribution in [0.1, 0.15) is 31.9 Å². The van der Waals surface area contributed by atoms with E-state index in [1.54, 1.807) is 12.1 Å². The van der Waals surface area contributed by atoms with Gasteiger partial charge in [0, 0.05) is 0 Å². The Bertz CT molecular complexity index is 318. The van der Waals surface area contributed by atoms with Crippen molar-refractivity contribution < 1.29 is 5.11 Å². The van der Waals surface area contributed by atoms with Crippen molar-refractivity contribution in [3.8, 4) is 5.75 Å². The molecule has 0 spiro atoms. The summed E-state index contributed by atoms with van der Waals surface area (Å²) in [4.78, 5) is 0. The lowest BCUT2D eigenvalue weighted by atomic mass is 9.86. The van der Waals surface area contributed by atoms with E-state index < -0.39 is 0 Å². The summed E-state index contributed by atoms with van der Waals surface area (Å²) in [5.41, 5.74) is 1.91. The first-order chi connectivity index (χ1) is 5.95. The van der Waals surface area contributed by atoms with Crippen LogP contribution < -0.4 is 0 Å². The molecule has 0 aliphatic rings. The van der Waals surface area contributed by atoms with Crippen molar-refractivity contribution >= 4 is 6.08 Å². The third-order valence-electron chi connectivity index (χ3n) is 2.07. The Hall–Kier alpha value is -1.24. The summed E-state index contributed by atoms with van der Waals surface area (Å²) >= 11 is 0. The highest BCUT2D eigenvalue weighted by atomic mass is 16.3. The van der Waals surface area contributed by atoms with E-state index in [2.05, 4.69) is 27.4 Å². The molecule has 0 radical (unpaired) electrons. The number of phenolic OH excluding ortho intramolecular Hbond substituents is 1. The molecule has 1 N–H and O–H groups in total. The number of phenols is 1. The molecule has 0 aliphatic carbocycles. The van der Waals surface area contributed by atoms with Gasteiger partial charge in [0.05, 0.1) is 0 Å². The molecule has 0 bridgehead atoms. The first-order valence-corrected chi connectivity index (χ1v) is 4.41. The molecule has 13 heavy (non-hydrogen) atoms. The van der Waals surface area contributed by atoms with E-state index in [1.165, 1.54) is 0 Å². The minimum Gasteiger partial charge on any atom is -0.508 e. The van der Waals surface area contributed by atoms with Gasteiger partial charge in [0.25, 0.3) is 0 Å². The van der Waals surface area contributed by atoms with Crippen LogP contribution in [0.25, 0.3) is 6.08 Å². The molecule has 0 saturated heterocycles. The van der Waals surface area contributed by atoms with Crippen LogP contribution in [0.2, 0.25) is 0 Å². The molecule has 1 aromatic carbocycles. The Kier molecular flexibility index (Phi) is 2.46. The van der Waals surface area contributed by atoms with Gasteiger partial charge in [-0.2, -0.15) is 0 Å². The van der Waals surface area contributed by atoms with Crippen molar-refractivity contribution in [1.82, 2.24) is 0 Å².